The molecule has 0 spiro atoms. The lowest BCUT2D eigenvalue weighted by Crippen LogP contribution is -2.11. The van der Waals surface area contributed by atoms with Crippen molar-refractivity contribution < 1.29 is 32.2 Å². The minimum atomic E-state index is -4.80. The molecule has 13 heavy (non-hydrogen) atoms. The van der Waals surface area contributed by atoms with Crippen molar-refractivity contribution in [3.8, 4) is 11.8 Å². The van der Waals surface area contributed by atoms with E-state index in [-0.39, 0.29) is 0 Å². The summed E-state index contributed by atoms with van der Waals surface area (Å²) >= 11 is 0. The predicted octanol–water partition coefficient (Wildman–Crippen LogP) is 0.862. The van der Waals surface area contributed by atoms with Crippen LogP contribution in [0.4, 0.5) is 18.0 Å². The summed E-state index contributed by atoms with van der Waals surface area (Å²) in [4.78, 5) is 20.4. The van der Waals surface area contributed by atoms with Gasteiger partial charge in [0.05, 0.1) is 7.11 Å². The molecule has 0 fully saturated rings. The summed E-state index contributed by atoms with van der Waals surface area (Å²) in [5.41, 5.74) is 0. The normalized spacial score (nSPS) is 9.54. The lowest BCUT2D eigenvalue weighted by Gasteiger charge is -1.94. The summed E-state index contributed by atoms with van der Waals surface area (Å²) in [6, 6.07) is 0. The van der Waals surface area contributed by atoms with Crippen molar-refractivity contribution in [3.63, 3.8) is 0 Å². The third-order valence-electron chi connectivity index (χ3n) is 0.649. The molecule has 0 radical (unpaired) electrons. The number of esters is 1. The van der Waals surface area contributed by atoms with E-state index in [9.17, 15) is 22.8 Å². The fourth-order valence-corrected chi connectivity index (χ4v) is 0.265. The summed E-state index contributed by atoms with van der Waals surface area (Å²) in [5, 5.41) is 0. The summed E-state index contributed by atoms with van der Waals surface area (Å²) in [6.45, 7) is 0. The Hall–Kier alpha value is -1.71. The first-order valence-corrected chi connectivity index (χ1v) is 2.75. The smallest absolute Gasteiger partial charge is 0.437 e. The fourth-order valence-electron chi connectivity index (χ4n) is 0.265. The minimum absolute atomic E-state index is 0.619. The zero-order chi connectivity index (χ0) is 10.5. The maximum atomic E-state index is 11.3. The Labute approximate surface area is 70.6 Å². The molecule has 0 rings (SSSR count). The molecular weight excluding hydrogens is 193 g/mol. The van der Waals surface area contributed by atoms with Crippen molar-refractivity contribution >= 4 is 12.1 Å². The van der Waals surface area contributed by atoms with Crippen molar-refractivity contribution in [2.45, 2.75) is 6.18 Å². The van der Waals surface area contributed by atoms with Gasteiger partial charge in [0.15, 0.2) is 0 Å². The first-order chi connectivity index (χ1) is 5.85. The van der Waals surface area contributed by atoms with Gasteiger partial charge in [-0.2, -0.15) is 13.2 Å². The Morgan fingerprint density at radius 1 is 1.31 bits per heavy atom. The van der Waals surface area contributed by atoms with Gasteiger partial charge in [0, 0.05) is 11.8 Å². The van der Waals surface area contributed by atoms with Gasteiger partial charge >= 0.3 is 18.3 Å². The van der Waals surface area contributed by atoms with Crippen LogP contribution in [0.5, 0.6) is 0 Å². The molecule has 0 amide bonds. The molecule has 72 valence electrons. The van der Waals surface area contributed by atoms with Crippen LogP contribution in [0.1, 0.15) is 0 Å². The number of halogens is 3. The Kier molecular flexibility index (Phi) is 3.78. The van der Waals surface area contributed by atoms with Crippen molar-refractivity contribution in [3.05, 3.63) is 0 Å². The van der Waals surface area contributed by atoms with Crippen LogP contribution in [0, 0.1) is 11.8 Å². The van der Waals surface area contributed by atoms with Crippen molar-refractivity contribution in [1.29, 1.82) is 0 Å². The summed E-state index contributed by atoms with van der Waals surface area (Å²) in [6.07, 6.45) is -6.21. The molecule has 0 aromatic heterocycles. The summed E-state index contributed by atoms with van der Waals surface area (Å²) in [5.74, 6) is 0.0485. The van der Waals surface area contributed by atoms with E-state index < -0.39 is 18.3 Å². The van der Waals surface area contributed by atoms with Gasteiger partial charge in [-0.3, -0.25) is 0 Å². The molecule has 0 aromatic rings. The van der Waals surface area contributed by atoms with Crippen LogP contribution in [-0.2, 0) is 14.3 Å². The monoisotopic (exact) mass is 196 g/mol. The molecule has 0 aromatic carbocycles. The lowest BCUT2D eigenvalue weighted by molar-refractivity contribution is -0.133. The zero-order valence-corrected chi connectivity index (χ0v) is 6.27. The van der Waals surface area contributed by atoms with Gasteiger partial charge in [0.2, 0.25) is 0 Å². The minimum Gasteiger partial charge on any atom is -0.437 e. The molecule has 0 aliphatic heterocycles. The molecule has 0 saturated carbocycles. The topological polar surface area (TPSA) is 52.6 Å². The van der Waals surface area contributed by atoms with E-state index in [1.807, 2.05) is 0 Å². The first-order valence-electron chi connectivity index (χ1n) is 2.75. The largest absolute Gasteiger partial charge is 0.516 e. The second kappa shape index (κ2) is 4.35. The average Bonchev–Trinajstić information content (AvgIpc) is 1.99. The molecule has 7 heteroatoms. The third kappa shape index (κ3) is 6.68. The van der Waals surface area contributed by atoms with Crippen LogP contribution in [0.25, 0.3) is 0 Å². The number of carbonyl (C=O) groups is 2. The van der Waals surface area contributed by atoms with E-state index in [0.717, 1.165) is 13.0 Å². The molecular formula is C6H3F3O4. The van der Waals surface area contributed by atoms with E-state index >= 15 is 0 Å². The number of hydrogen-bond donors (Lipinski definition) is 0. The maximum absolute atomic E-state index is 11.3. The van der Waals surface area contributed by atoms with Gasteiger partial charge < -0.3 is 9.47 Å². The first kappa shape index (κ1) is 11.3. The molecule has 4 nitrogen and oxygen atoms in total. The predicted molar refractivity (Wildman–Crippen MR) is 32.3 cm³/mol. The Balaban J connectivity index is 4.14. The van der Waals surface area contributed by atoms with Crippen LogP contribution in [0.2, 0.25) is 0 Å². The van der Waals surface area contributed by atoms with Crippen molar-refractivity contribution in [2.75, 3.05) is 7.11 Å². The van der Waals surface area contributed by atoms with Gasteiger partial charge in [-0.05, 0) is 0 Å². The van der Waals surface area contributed by atoms with E-state index in [1.165, 1.54) is 0 Å². The van der Waals surface area contributed by atoms with Gasteiger partial charge in [0.1, 0.15) is 0 Å². The molecule has 0 heterocycles. The average molecular weight is 196 g/mol. The molecule has 0 aliphatic rings. The highest BCUT2D eigenvalue weighted by Gasteiger charge is 2.23. The van der Waals surface area contributed by atoms with E-state index in [4.69, 9.17) is 0 Å². The molecule has 0 atom stereocenters. The Morgan fingerprint density at radius 3 is 2.23 bits per heavy atom. The van der Waals surface area contributed by atoms with E-state index in [0.29, 0.717) is 5.92 Å². The van der Waals surface area contributed by atoms with Gasteiger partial charge in [0.25, 0.3) is 0 Å². The number of rotatable bonds is 0. The number of methoxy groups -OCH3 is 1. The van der Waals surface area contributed by atoms with Gasteiger partial charge in [-0.25, -0.2) is 9.59 Å². The quantitative estimate of drug-likeness (QED) is 0.249. The third-order valence-corrected chi connectivity index (χ3v) is 0.649. The highest BCUT2D eigenvalue weighted by molar-refractivity contribution is 5.94. The van der Waals surface area contributed by atoms with Crippen LogP contribution in [0.3, 0.4) is 0 Å². The maximum Gasteiger partial charge on any atom is 0.516 e. The van der Waals surface area contributed by atoms with E-state index in [2.05, 4.69) is 9.47 Å². The van der Waals surface area contributed by atoms with Crippen molar-refractivity contribution in [2.24, 2.45) is 0 Å². The molecule has 0 unspecified atom stereocenters. The zero-order valence-electron chi connectivity index (χ0n) is 6.27. The van der Waals surface area contributed by atoms with Crippen LogP contribution in [-0.4, -0.2) is 25.4 Å². The van der Waals surface area contributed by atoms with E-state index in [1.54, 1.807) is 0 Å². The number of ether oxygens (including phenoxy) is 2. The number of alkyl halides is 3. The Bertz CT molecular complexity index is 270. The second-order valence-electron chi connectivity index (χ2n) is 1.59. The van der Waals surface area contributed by atoms with Gasteiger partial charge in [-0.1, -0.05) is 0 Å². The molecule has 0 saturated heterocycles. The molecule has 0 aliphatic carbocycles. The van der Waals surface area contributed by atoms with Crippen LogP contribution >= 0.6 is 0 Å². The summed E-state index contributed by atoms with van der Waals surface area (Å²) in [7, 11) is 0.896. The summed E-state index contributed by atoms with van der Waals surface area (Å²) < 4.78 is 41.5. The van der Waals surface area contributed by atoms with Gasteiger partial charge in [-0.15, -0.1) is 0 Å². The lowest BCUT2D eigenvalue weighted by atomic mass is 10.5. The Morgan fingerprint density at radius 2 is 1.85 bits per heavy atom. The number of carbonyl (C=O) groups excluding carboxylic acids is 2. The highest BCUT2D eigenvalue weighted by Crippen LogP contribution is 2.11. The second-order valence-corrected chi connectivity index (χ2v) is 1.59. The van der Waals surface area contributed by atoms with Crippen LogP contribution < -0.4 is 0 Å². The number of hydrogen-bond acceptors (Lipinski definition) is 4. The SMILES string of the molecule is COC(=O)OC(=O)C#CC(F)(F)F. The van der Waals surface area contributed by atoms with Crippen molar-refractivity contribution in [1.82, 2.24) is 0 Å². The fraction of sp³-hybridized carbons (Fsp3) is 0.333. The highest BCUT2D eigenvalue weighted by atomic mass is 19.4. The van der Waals surface area contributed by atoms with Crippen LogP contribution in [0.15, 0.2) is 0 Å². The standard InChI is InChI=1S/C6H3F3O4/c1-12-5(11)13-4(10)2-3-6(7,8)9/h1H3. The molecule has 0 bridgehead atoms. The molecule has 0 N–H and O–H groups in total.